The molecule has 0 saturated carbocycles. The fourth-order valence-corrected chi connectivity index (χ4v) is 2.38. The van der Waals surface area contributed by atoms with Crippen molar-refractivity contribution in [3.05, 3.63) is 62.8 Å². The van der Waals surface area contributed by atoms with Crippen molar-refractivity contribution in [3.8, 4) is 0 Å². The molecule has 0 aliphatic rings. The van der Waals surface area contributed by atoms with Crippen LogP contribution >= 0.6 is 27.5 Å². The smallest absolute Gasteiger partial charge is 0.193 e. The first kappa shape index (κ1) is 13.1. The van der Waals surface area contributed by atoms with Crippen LogP contribution in [0.25, 0.3) is 0 Å². The Labute approximate surface area is 117 Å². The highest BCUT2D eigenvalue weighted by atomic mass is 79.9. The van der Waals surface area contributed by atoms with Crippen LogP contribution in [0.1, 0.15) is 15.9 Å². The van der Waals surface area contributed by atoms with Gasteiger partial charge in [0.05, 0.1) is 5.69 Å². The average Bonchev–Trinajstić information content (AvgIpc) is 2.30. The van der Waals surface area contributed by atoms with Crippen LogP contribution in [0.15, 0.2) is 40.9 Å². The summed E-state index contributed by atoms with van der Waals surface area (Å²) in [5.74, 6) is -0.918. The second-order valence-corrected chi connectivity index (χ2v) is 5.08. The molecule has 0 saturated heterocycles. The van der Waals surface area contributed by atoms with E-state index in [1.54, 1.807) is 12.1 Å². The number of carbonyl (C=O) groups is 1. The van der Waals surface area contributed by atoms with Gasteiger partial charge in [-0.25, -0.2) is 4.39 Å². The second kappa shape index (κ2) is 5.08. The summed E-state index contributed by atoms with van der Waals surface area (Å²) < 4.78 is 14.0. The molecule has 0 fully saturated rings. The number of hydrogen-bond acceptors (Lipinski definition) is 2. The minimum absolute atomic E-state index is 0.0128. The number of nitrogens with two attached hydrogens (primary N) is 1. The number of nitrogen functional groups attached to an aromatic ring is 1. The predicted octanol–water partition coefficient (Wildman–Crippen LogP) is 4.05. The van der Waals surface area contributed by atoms with E-state index < -0.39 is 5.82 Å². The lowest BCUT2D eigenvalue weighted by atomic mass is 10.0. The Balaban J connectivity index is 2.44. The van der Waals surface area contributed by atoms with Gasteiger partial charge < -0.3 is 5.73 Å². The van der Waals surface area contributed by atoms with Gasteiger partial charge in [-0.05, 0) is 36.4 Å². The summed E-state index contributed by atoms with van der Waals surface area (Å²) in [6.45, 7) is 0. The molecule has 0 aliphatic carbocycles. The lowest BCUT2D eigenvalue weighted by Crippen LogP contribution is -2.03. The van der Waals surface area contributed by atoms with E-state index in [9.17, 15) is 9.18 Å². The average molecular weight is 329 g/mol. The zero-order valence-electron chi connectivity index (χ0n) is 9.08. The molecular weight excluding hydrogens is 321 g/mol. The maximum Gasteiger partial charge on any atom is 0.193 e. The zero-order chi connectivity index (χ0) is 13.3. The molecule has 92 valence electrons. The molecule has 0 aromatic heterocycles. The third kappa shape index (κ3) is 2.71. The second-order valence-electron chi connectivity index (χ2n) is 3.72. The van der Waals surface area contributed by atoms with E-state index >= 15 is 0 Å². The first-order valence-corrected chi connectivity index (χ1v) is 6.20. The molecule has 2 aromatic rings. The van der Waals surface area contributed by atoms with Gasteiger partial charge in [0.15, 0.2) is 5.78 Å². The van der Waals surface area contributed by atoms with Gasteiger partial charge in [-0.3, -0.25) is 4.79 Å². The van der Waals surface area contributed by atoms with Gasteiger partial charge in [-0.15, -0.1) is 0 Å². The highest BCUT2D eigenvalue weighted by molar-refractivity contribution is 9.10. The number of benzene rings is 2. The molecule has 2 aromatic carbocycles. The van der Waals surface area contributed by atoms with Crippen LogP contribution in [0.5, 0.6) is 0 Å². The van der Waals surface area contributed by atoms with E-state index in [0.717, 1.165) is 6.07 Å². The maximum absolute atomic E-state index is 13.3. The number of rotatable bonds is 2. The van der Waals surface area contributed by atoms with E-state index in [1.165, 1.54) is 18.2 Å². The highest BCUT2D eigenvalue weighted by Gasteiger charge is 2.12. The third-order valence-electron chi connectivity index (χ3n) is 2.39. The van der Waals surface area contributed by atoms with Crippen LogP contribution in [0.4, 0.5) is 10.1 Å². The first-order chi connectivity index (χ1) is 8.47. The van der Waals surface area contributed by atoms with Crippen LogP contribution < -0.4 is 5.73 Å². The fourth-order valence-electron chi connectivity index (χ4n) is 1.52. The number of ketones is 1. The SMILES string of the molecule is Nc1ccc(C(=O)c2cc(Cl)cc(Br)c2)cc1F. The Bertz CT molecular complexity index is 610. The molecule has 0 spiro atoms. The van der Waals surface area contributed by atoms with Gasteiger partial charge in [0.2, 0.25) is 0 Å². The van der Waals surface area contributed by atoms with Crippen LogP contribution in [-0.4, -0.2) is 5.78 Å². The summed E-state index contributed by atoms with van der Waals surface area (Å²) in [5, 5.41) is 0.434. The third-order valence-corrected chi connectivity index (χ3v) is 3.06. The quantitative estimate of drug-likeness (QED) is 0.667. The van der Waals surface area contributed by atoms with E-state index in [1.807, 2.05) is 0 Å². The van der Waals surface area contributed by atoms with Crippen LogP contribution in [0.3, 0.4) is 0 Å². The number of anilines is 1. The molecule has 5 heteroatoms. The predicted molar refractivity (Wildman–Crippen MR) is 73.4 cm³/mol. The minimum atomic E-state index is -0.609. The zero-order valence-corrected chi connectivity index (χ0v) is 11.4. The van der Waals surface area contributed by atoms with Gasteiger partial charge in [-0.2, -0.15) is 0 Å². The van der Waals surface area contributed by atoms with E-state index in [2.05, 4.69) is 15.9 Å². The van der Waals surface area contributed by atoms with E-state index in [-0.39, 0.29) is 17.0 Å². The van der Waals surface area contributed by atoms with Crippen molar-refractivity contribution < 1.29 is 9.18 Å². The van der Waals surface area contributed by atoms with Gasteiger partial charge in [0, 0.05) is 20.6 Å². The Morgan fingerprint density at radius 2 is 1.89 bits per heavy atom. The number of hydrogen-bond donors (Lipinski definition) is 1. The van der Waals surface area contributed by atoms with Crippen molar-refractivity contribution in [2.24, 2.45) is 0 Å². The Hall–Kier alpha value is -1.39. The molecule has 2 nitrogen and oxygen atoms in total. The van der Waals surface area contributed by atoms with Crippen molar-refractivity contribution in [1.29, 1.82) is 0 Å². The lowest BCUT2D eigenvalue weighted by Gasteiger charge is -2.04. The molecule has 0 bridgehead atoms. The van der Waals surface area contributed by atoms with Crippen molar-refractivity contribution in [2.75, 3.05) is 5.73 Å². The van der Waals surface area contributed by atoms with Crippen molar-refractivity contribution in [1.82, 2.24) is 0 Å². The fraction of sp³-hybridized carbons (Fsp3) is 0. The molecule has 2 rings (SSSR count). The van der Waals surface area contributed by atoms with Gasteiger partial charge >= 0.3 is 0 Å². The molecule has 2 N–H and O–H groups in total. The van der Waals surface area contributed by atoms with Crippen LogP contribution in [0, 0.1) is 5.82 Å². The summed E-state index contributed by atoms with van der Waals surface area (Å²) >= 11 is 9.11. The highest BCUT2D eigenvalue weighted by Crippen LogP contribution is 2.22. The van der Waals surface area contributed by atoms with Crippen molar-refractivity contribution >= 4 is 39.0 Å². The molecule has 0 radical (unpaired) electrons. The summed E-state index contributed by atoms with van der Waals surface area (Å²) in [6.07, 6.45) is 0. The largest absolute Gasteiger partial charge is 0.396 e. The Morgan fingerprint density at radius 1 is 1.17 bits per heavy atom. The van der Waals surface area contributed by atoms with Gasteiger partial charge in [-0.1, -0.05) is 27.5 Å². The summed E-state index contributed by atoms with van der Waals surface area (Å²) in [6, 6.07) is 8.79. The summed E-state index contributed by atoms with van der Waals surface area (Å²) in [5.41, 5.74) is 5.99. The normalized spacial score (nSPS) is 10.4. The Kier molecular flexibility index (Phi) is 3.68. The molecule has 0 heterocycles. The number of halogens is 3. The molecular formula is C13H8BrClFNO. The standard InChI is InChI=1S/C13H8BrClFNO/c14-9-3-8(4-10(15)6-9)13(18)7-1-2-12(17)11(16)5-7/h1-6H,17H2. The molecule has 0 aliphatic heterocycles. The summed E-state index contributed by atoms with van der Waals surface area (Å²) in [4.78, 5) is 12.1. The monoisotopic (exact) mass is 327 g/mol. The van der Waals surface area contributed by atoms with Gasteiger partial charge in [0.25, 0.3) is 0 Å². The van der Waals surface area contributed by atoms with E-state index in [0.29, 0.717) is 15.1 Å². The maximum atomic E-state index is 13.3. The lowest BCUT2D eigenvalue weighted by molar-refractivity contribution is 0.103. The number of carbonyl (C=O) groups excluding carboxylic acids is 1. The van der Waals surface area contributed by atoms with Gasteiger partial charge in [0.1, 0.15) is 5.82 Å². The minimum Gasteiger partial charge on any atom is -0.396 e. The van der Waals surface area contributed by atoms with E-state index in [4.69, 9.17) is 17.3 Å². The Morgan fingerprint density at radius 3 is 2.50 bits per heavy atom. The molecule has 0 unspecified atom stereocenters. The molecule has 0 amide bonds. The topological polar surface area (TPSA) is 43.1 Å². The van der Waals surface area contributed by atoms with Crippen LogP contribution in [-0.2, 0) is 0 Å². The van der Waals surface area contributed by atoms with Crippen molar-refractivity contribution in [2.45, 2.75) is 0 Å². The first-order valence-electron chi connectivity index (χ1n) is 5.03. The molecule has 0 atom stereocenters. The van der Waals surface area contributed by atoms with Crippen LogP contribution in [0.2, 0.25) is 5.02 Å². The molecule has 18 heavy (non-hydrogen) atoms. The van der Waals surface area contributed by atoms with Crippen molar-refractivity contribution in [3.63, 3.8) is 0 Å². The summed E-state index contributed by atoms with van der Waals surface area (Å²) in [7, 11) is 0.